The fourth-order valence-corrected chi connectivity index (χ4v) is 43.3. The van der Waals surface area contributed by atoms with Crippen molar-refractivity contribution in [1.29, 1.82) is 0 Å². The fraction of sp³-hybridized carbons (Fsp3) is 0.349. The van der Waals surface area contributed by atoms with Crippen molar-refractivity contribution in [3.63, 3.8) is 0 Å². The molecule has 2 fully saturated rings. The number of aryl methyl sites for hydroxylation is 2. The number of fused-ring (bicyclic) bond motifs is 6. The van der Waals surface area contributed by atoms with E-state index in [1.165, 1.54) is 76.6 Å². The summed E-state index contributed by atoms with van der Waals surface area (Å²) in [5.74, 6) is 0. The summed E-state index contributed by atoms with van der Waals surface area (Å²) in [6, 6.07) is 28.5. The van der Waals surface area contributed by atoms with Crippen LogP contribution in [0.3, 0.4) is 0 Å². The average Bonchev–Trinajstić information content (AvgIpc) is 3.65. The average molecular weight is 771 g/mol. The Labute approximate surface area is 277 Å². The zero-order valence-electron chi connectivity index (χ0n) is 28.4. The maximum atomic E-state index is 2.84. The van der Waals surface area contributed by atoms with Gasteiger partial charge in [-0.2, -0.15) is 0 Å². The summed E-state index contributed by atoms with van der Waals surface area (Å²) >= 11 is -3.09. The van der Waals surface area contributed by atoms with Crippen LogP contribution in [0.1, 0.15) is 84.0 Å². The quantitative estimate of drug-likeness (QED) is 0.182. The molecular formula is C43H48HfSi. The van der Waals surface area contributed by atoms with E-state index in [1.807, 2.05) is 10.4 Å². The van der Waals surface area contributed by atoms with E-state index in [0.717, 1.165) is 5.54 Å². The Kier molecular flexibility index (Phi) is 7.12. The van der Waals surface area contributed by atoms with E-state index < -0.39 is 28.0 Å². The Morgan fingerprint density at radius 3 is 1.44 bits per heavy atom. The minimum atomic E-state index is -3.09. The van der Waals surface area contributed by atoms with Crippen molar-refractivity contribution < 1.29 is 20.0 Å². The van der Waals surface area contributed by atoms with Crippen LogP contribution in [-0.2, 0) is 20.0 Å². The van der Waals surface area contributed by atoms with Crippen LogP contribution in [0, 0.1) is 27.7 Å². The molecule has 0 aromatic heterocycles. The molecule has 8 rings (SSSR count). The van der Waals surface area contributed by atoms with Gasteiger partial charge < -0.3 is 0 Å². The van der Waals surface area contributed by atoms with E-state index in [4.69, 9.17) is 0 Å². The van der Waals surface area contributed by atoms with Crippen LogP contribution in [0.2, 0.25) is 21.4 Å². The van der Waals surface area contributed by atoms with Crippen molar-refractivity contribution in [1.82, 2.24) is 0 Å². The third-order valence-electron chi connectivity index (χ3n) is 13.0. The van der Waals surface area contributed by atoms with Gasteiger partial charge >= 0.3 is 279 Å². The molecule has 1 saturated heterocycles. The van der Waals surface area contributed by atoms with Crippen molar-refractivity contribution in [3.05, 3.63) is 128 Å². The van der Waals surface area contributed by atoms with E-state index >= 15 is 0 Å². The normalized spacial score (nSPS) is 24.8. The fourth-order valence-electron chi connectivity index (χ4n) is 10.3. The van der Waals surface area contributed by atoms with Gasteiger partial charge in [0.1, 0.15) is 0 Å². The molecule has 4 aromatic rings. The molecule has 0 radical (unpaired) electrons. The van der Waals surface area contributed by atoms with Crippen molar-refractivity contribution in [2.24, 2.45) is 0 Å². The predicted octanol–water partition coefficient (Wildman–Crippen LogP) is 12.6. The van der Waals surface area contributed by atoms with E-state index in [2.05, 4.69) is 129 Å². The van der Waals surface area contributed by atoms with Gasteiger partial charge in [0.05, 0.1) is 0 Å². The predicted molar refractivity (Wildman–Crippen MR) is 194 cm³/mol. The standard InChI is InChI=1S/C41H42Si.2CH3.Hf/c1-27-13-9-19-36(29(27)3)38-21-11-15-31-23-34(25-40(31)38)42(5,33-17-7-6-8-18-33)35-24-32-16-12-22-39(41(32)26-35)37-20-10-14-28(2)30(37)4;;;/h9-16,19-26,33H,6-8,17-18H2,1-5H3;2*1H3;. The summed E-state index contributed by atoms with van der Waals surface area (Å²) < 4.78 is 7.04. The molecular weight excluding hydrogens is 723 g/mol. The van der Waals surface area contributed by atoms with Crippen LogP contribution in [0.4, 0.5) is 0 Å². The van der Waals surface area contributed by atoms with Gasteiger partial charge in [0, 0.05) is 0 Å². The number of hydrogen-bond acceptors (Lipinski definition) is 0. The summed E-state index contributed by atoms with van der Waals surface area (Å²) in [7, 11) is -2.00. The molecule has 0 N–H and O–H groups in total. The molecule has 0 amide bonds. The van der Waals surface area contributed by atoms with E-state index in [1.54, 1.807) is 22.3 Å². The van der Waals surface area contributed by atoms with Gasteiger partial charge in [-0.05, 0) is 0 Å². The van der Waals surface area contributed by atoms with E-state index in [-0.39, 0.29) is 0 Å². The maximum absolute atomic E-state index is 3.09. The molecule has 2 atom stereocenters. The Bertz CT molecular complexity index is 1800. The topological polar surface area (TPSA) is 0 Å². The van der Waals surface area contributed by atoms with E-state index in [9.17, 15) is 0 Å². The Hall–Kier alpha value is -2.55. The van der Waals surface area contributed by atoms with Crippen molar-refractivity contribution in [2.75, 3.05) is 0 Å². The van der Waals surface area contributed by atoms with Crippen molar-refractivity contribution in [3.8, 4) is 22.3 Å². The second-order valence-electron chi connectivity index (χ2n) is 15.5. The van der Waals surface area contributed by atoms with Gasteiger partial charge in [0.15, 0.2) is 0 Å². The van der Waals surface area contributed by atoms with Crippen LogP contribution >= 0.6 is 0 Å². The number of allylic oxidation sites excluding steroid dienone is 2. The summed E-state index contributed by atoms with van der Waals surface area (Å²) in [6.07, 6.45) is 12.7. The molecule has 2 heteroatoms. The number of rotatable bonds is 3. The van der Waals surface area contributed by atoms with Crippen LogP contribution in [-0.4, -0.2) is 8.07 Å². The Morgan fingerprint density at radius 1 is 0.556 bits per heavy atom. The van der Waals surface area contributed by atoms with Gasteiger partial charge in [-0.1, -0.05) is 0 Å². The van der Waals surface area contributed by atoms with Crippen molar-refractivity contribution >= 4 is 20.2 Å². The molecule has 2 unspecified atom stereocenters. The zero-order valence-corrected chi connectivity index (χ0v) is 32.9. The van der Waals surface area contributed by atoms with Crippen LogP contribution in [0.25, 0.3) is 34.4 Å². The first-order valence-electron chi connectivity index (χ1n) is 17.5. The number of hydrogen-bond donors (Lipinski definition) is 0. The van der Waals surface area contributed by atoms with E-state index in [0.29, 0.717) is 7.35 Å². The van der Waals surface area contributed by atoms with Gasteiger partial charge in [-0.15, -0.1) is 0 Å². The minimum absolute atomic E-state index is 0.689. The monoisotopic (exact) mass is 772 g/mol. The first-order valence-corrected chi connectivity index (χ1v) is 31.4. The molecule has 0 spiro atoms. The second kappa shape index (κ2) is 10.7. The molecule has 4 aliphatic rings. The van der Waals surface area contributed by atoms with Crippen LogP contribution in [0.5, 0.6) is 0 Å². The molecule has 1 aliphatic heterocycles. The Morgan fingerprint density at radius 2 is 0.978 bits per heavy atom. The first kappa shape index (κ1) is 29.8. The van der Waals surface area contributed by atoms with Crippen LogP contribution < -0.4 is 0 Å². The molecule has 1 heterocycles. The summed E-state index contributed by atoms with van der Waals surface area (Å²) in [5.41, 5.74) is 18.8. The van der Waals surface area contributed by atoms with Gasteiger partial charge in [0.2, 0.25) is 0 Å². The molecule has 0 nitrogen and oxygen atoms in total. The zero-order chi connectivity index (χ0) is 31.2. The second-order valence-corrected chi connectivity index (χ2v) is 37.1. The third-order valence-corrected chi connectivity index (χ3v) is 35.7. The molecule has 45 heavy (non-hydrogen) atoms. The molecule has 3 aliphatic carbocycles. The Balaban J connectivity index is 1.39. The van der Waals surface area contributed by atoms with Gasteiger partial charge in [-0.25, -0.2) is 0 Å². The summed E-state index contributed by atoms with van der Waals surface area (Å²) in [6.45, 7) is 12.0. The van der Waals surface area contributed by atoms with Gasteiger partial charge in [0.25, 0.3) is 0 Å². The number of benzene rings is 4. The molecule has 1 saturated carbocycles. The first-order chi connectivity index (χ1) is 21.6. The van der Waals surface area contributed by atoms with Crippen LogP contribution in [0.15, 0.2) is 83.2 Å². The molecule has 0 bridgehead atoms. The SMILES string of the molecule is Cc1cccc(-c2cccc3c2C=C2[CH]3[Hf]([CH3])([CH3])[CH]3C(=Cc4c(-c5cccc(C)c5C)cccc43)[Si]2(C)C2CCCCC2)c1C. The van der Waals surface area contributed by atoms with Gasteiger partial charge in [-0.3, -0.25) is 0 Å². The molecule has 4 aromatic carbocycles. The molecule has 228 valence electrons. The van der Waals surface area contributed by atoms with Crippen molar-refractivity contribution in [2.45, 2.75) is 88.6 Å². The third kappa shape index (κ3) is 4.23. The summed E-state index contributed by atoms with van der Waals surface area (Å²) in [4.78, 5) is 0. The summed E-state index contributed by atoms with van der Waals surface area (Å²) in [5, 5.41) is 3.86.